The van der Waals surface area contributed by atoms with Crippen LogP contribution in [0.1, 0.15) is 57.9 Å². The Labute approximate surface area is 185 Å². The van der Waals surface area contributed by atoms with Crippen molar-refractivity contribution in [2.75, 3.05) is 39.3 Å². The number of rotatable bonds is 4. The molecule has 0 spiro atoms. The smallest absolute Gasteiger partial charge is 0.410 e. The van der Waals surface area contributed by atoms with Gasteiger partial charge in [-0.25, -0.2) is 9.78 Å². The van der Waals surface area contributed by atoms with Gasteiger partial charge in [0, 0.05) is 32.7 Å². The topological polar surface area (TPSA) is 62.1 Å². The van der Waals surface area contributed by atoms with Crippen LogP contribution in [0.15, 0.2) is 22.6 Å². The number of likely N-dealkylation sites (tertiary alicyclic amines) is 1. The molecular formula is C24H36N4O3. The van der Waals surface area contributed by atoms with Crippen LogP contribution in [0.2, 0.25) is 0 Å². The minimum absolute atomic E-state index is 0.209. The summed E-state index contributed by atoms with van der Waals surface area (Å²) in [6.07, 6.45) is 4.61. The lowest BCUT2D eigenvalue weighted by molar-refractivity contribution is 0.0257. The van der Waals surface area contributed by atoms with E-state index < -0.39 is 5.60 Å². The molecule has 0 unspecified atom stereocenters. The first-order valence-electron chi connectivity index (χ1n) is 11.7. The number of carbonyl (C=O) groups excluding carboxylic acids is 1. The Bertz CT molecular complexity index is 883. The Morgan fingerprint density at radius 2 is 1.71 bits per heavy atom. The number of hydrogen-bond donors (Lipinski definition) is 0. The van der Waals surface area contributed by atoms with Gasteiger partial charge >= 0.3 is 6.09 Å². The highest BCUT2D eigenvalue weighted by Crippen LogP contribution is 2.21. The van der Waals surface area contributed by atoms with Gasteiger partial charge in [0.1, 0.15) is 11.1 Å². The van der Waals surface area contributed by atoms with E-state index in [1.165, 1.54) is 24.8 Å². The Morgan fingerprint density at radius 3 is 2.48 bits per heavy atom. The summed E-state index contributed by atoms with van der Waals surface area (Å²) < 4.78 is 11.5. The fraction of sp³-hybridized carbons (Fsp3) is 0.667. The summed E-state index contributed by atoms with van der Waals surface area (Å²) in [5.74, 6) is 0.817. The van der Waals surface area contributed by atoms with Crippen LogP contribution in [0, 0.1) is 0 Å². The molecule has 3 heterocycles. The molecule has 31 heavy (non-hydrogen) atoms. The first-order valence-corrected chi connectivity index (χ1v) is 11.7. The molecule has 1 aromatic carbocycles. The molecule has 4 rings (SSSR count). The number of nitrogens with zero attached hydrogens (tertiary/aromatic N) is 4. The van der Waals surface area contributed by atoms with Crippen molar-refractivity contribution in [1.82, 2.24) is 19.7 Å². The Morgan fingerprint density at radius 1 is 0.968 bits per heavy atom. The lowest BCUT2D eigenvalue weighted by Gasteiger charge is -2.26. The van der Waals surface area contributed by atoms with E-state index in [0.717, 1.165) is 69.2 Å². The van der Waals surface area contributed by atoms with Gasteiger partial charge < -0.3 is 14.1 Å². The first-order chi connectivity index (χ1) is 14.9. The van der Waals surface area contributed by atoms with Gasteiger partial charge in [0.05, 0.1) is 6.54 Å². The highest BCUT2D eigenvalue weighted by Gasteiger charge is 2.24. The second-order valence-corrected chi connectivity index (χ2v) is 9.84. The number of hydrogen-bond acceptors (Lipinski definition) is 6. The zero-order chi connectivity index (χ0) is 21.8. The van der Waals surface area contributed by atoms with E-state index in [2.05, 4.69) is 21.9 Å². The predicted octanol–water partition coefficient (Wildman–Crippen LogP) is 4.26. The van der Waals surface area contributed by atoms with Crippen LogP contribution in [-0.2, 0) is 17.8 Å². The number of benzene rings is 1. The van der Waals surface area contributed by atoms with E-state index in [4.69, 9.17) is 14.1 Å². The van der Waals surface area contributed by atoms with Crippen molar-refractivity contribution in [3.63, 3.8) is 0 Å². The number of ether oxygens (including phenoxy) is 1. The summed E-state index contributed by atoms with van der Waals surface area (Å²) in [7, 11) is 0. The molecule has 2 aromatic rings. The molecule has 0 radical (unpaired) electrons. The molecule has 2 aliphatic rings. The van der Waals surface area contributed by atoms with Crippen molar-refractivity contribution in [1.29, 1.82) is 0 Å². The molecule has 0 aliphatic carbocycles. The van der Waals surface area contributed by atoms with Crippen LogP contribution in [0.3, 0.4) is 0 Å². The minimum Gasteiger partial charge on any atom is -0.444 e. The first kappa shape index (κ1) is 22.1. The monoisotopic (exact) mass is 428 g/mol. The number of aromatic nitrogens is 1. The third-order valence-electron chi connectivity index (χ3n) is 5.95. The zero-order valence-electron chi connectivity index (χ0n) is 19.2. The predicted molar refractivity (Wildman–Crippen MR) is 121 cm³/mol. The van der Waals surface area contributed by atoms with Gasteiger partial charge in [-0.15, -0.1) is 0 Å². The summed E-state index contributed by atoms with van der Waals surface area (Å²) >= 11 is 0. The van der Waals surface area contributed by atoms with Gasteiger partial charge in [0.15, 0.2) is 5.58 Å². The van der Waals surface area contributed by atoms with E-state index in [1.807, 2.05) is 31.7 Å². The third kappa shape index (κ3) is 6.20. The summed E-state index contributed by atoms with van der Waals surface area (Å²) in [4.78, 5) is 23.8. The van der Waals surface area contributed by atoms with Crippen LogP contribution in [0.25, 0.3) is 11.1 Å². The van der Waals surface area contributed by atoms with Crippen molar-refractivity contribution in [2.45, 2.75) is 65.1 Å². The van der Waals surface area contributed by atoms with E-state index in [9.17, 15) is 4.79 Å². The highest BCUT2D eigenvalue weighted by molar-refractivity contribution is 5.73. The lowest BCUT2D eigenvalue weighted by Crippen LogP contribution is -2.39. The molecule has 2 fully saturated rings. The van der Waals surface area contributed by atoms with E-state index in [-0.39, 0.29) is 6.09 Å². The van der Waals surface area contributed by atoms with Crippen LogP contribution in [-0.4, -0.2) is 70.6 Å². The number of carbonyl (C=O) groups is 1. The fourth-order valence-corrected chi connectivity index (χ4v) is 4.39. The molecule has 0 atom stereocenters. The summed E-state index contributed by atoms with van der Waals surface area (Å²) in [5.41, 5.74) is 2.58. The quantitative estimate of drug-likeness (QED) is 0.725. The van der Waals surface area contributed by atoms with Crippen LogP contribution in [0.4, 0.5) is 4.79 Å². The molecule has 7 nitrogen and oxygen atoms in total. The van der Waals surface area contributed by atoms with Gasteiger partial charge in [-0.1, -0.05) is 12.5 Å². The van der Waals surface area contributed by atoms with E-state index in [0.29, 0.717) is 6.54 Å². The maximum atomic E-state index is 12.4. The van der Waals surface area contributed by atoms with Gasteiger partial charge in [0.2, 0.25) is 5.89 Å². The average molecular weight is 429 g/mol. The van der Waals surface area contributed by atoms with Crippen LogP contribution >= 0.6 is 0 Å². The Hall–Kier alpha value is -2.12. The minimum atomic E-state index is -0.455. The normalized spacial score (nSPS) is 19.5. The number of piperidine rings is 1. The van der Waals surface area contributed by atoms with E-state index >= 15 is 0 Å². The highest BCUT2D eigenvalue weighted by atomic mass is 16.6. The van der Waals surface area contributed by atoms with Gasteiger partial charge in [-0.2, -0.15) is 0 Å². The van der Waals surface area contributed by atoms with Crippen molar-refractivity contribution in [3.05, 3.63) is 29.7 Å². The van der Waals surface area contributed by atoms with Crippen molar-refractivity contribution >= 4 is 17.2 Å². The summed E-state index contributed by atoms with van der Waals surface area (Å²) in [6.45, 7) is 12.9. The maximum Gasteiger partial charge on any atom is 0.410 e. The van der Waals surface area contributed by atoms with Crippen LogP contribution < -0.4 is 0 Å². The number of oxazole rings is 1. The Kier molecular flexibility index (Phi) is 6.82. The van der Waals surface area contributed by atoms with Gasteiger partial charge in [-0.3, -0.25) is 9.80 Å². The molecule has 2 aliphatic heterocycles. The van der Waals surface area contributed by atoms with Crippen LogP contribution in [0.5, 0.6) is 0 Å². The molecule has 170 valence electrons. The molecule has 7 heteroatoms. The van der Waals surface area contributed by atoms with Crippen molar-refractivity contribution < 1.29 is 13.9 Å². The second kappa shape index (κ2) is 9.57. The summed E-state index contributed by atoms with van der Waals surface area (Å²) in [6, 6.07) is 6.33. The molecular weight excluding hydrogens is 392 g/mol. The van der Waals surface area contributed by atoms with Gasteiger partial charge in [0.25, 0.3) is 0 Å². The molecule has 2 saturated heterocycles. The average Bonchev–Trinajstić information content (AvgIpc) is 2.95. The van der Waals surface area contributed by atoms with E-state index in [1.54, 1.807) is 0 Å². The molecule has 0 bridgehead atoms. The number of amides is 1. The molecule has 1 aromatic heterocycles. The molecule has 0 N–H and O–H groups in total. The molecule has 1 amide bonds. The maximum absolute atomic E-state index is 12.4. The summed E-state index contributed by atoms with van der Waals surface area (Å²) in [5, 5.41) is 0. The lowest BCUT2D eigenvalue weighted by atomic mass is 10.1. The van der Waals surface area contributed by atoms with Crippen molar-refractivity contribution in [2.24, 2.45) is 0 Å². The largest absolute Gasteiger partial charge is 0.444 e. The van der Waals surface area contributed by atoms with Crippen molar-refractivity contribution in [3.8, 4) is 0 Å². The SMILES string of the molecule is CC(C)(C)OC(=O)N1CCCN(Cc2ccc3oc(CN4CCCCC4)nc3c2)CC1. The fourth-order valence-electron chi connectivity index (χ4n) is 4.39. The molecule has 0 saturated carbocycles. The standard InChI is InChI=1S/C24H36N4O3/c1-24(2,3)31-23(29)28-13-7-12-27(14-15-28)17-19-8-9-21-20(16-19)25-22(30-21)18-26-10-5-4-6-11-26/h8-9,16H,4-7,10-15,17-18H2,1-3H3. The second-order valence-electron chi connectivity index (χ2n) is 9.84. The third-order valence-corrected chi connectivity index (χ3v) is 5.95. The van der Waals surface area contributed by atoms with Gasteiger partial charge in [-0.05, 0) is 70.8 Å². The Balaban J connectivity index is 1.34. The zero-order valence-corrected chi connectivity index (χ0v) is 19.2. The number of fused-ring (bicyclic) bond motifs is 1.